The zero-order valence-electron chi connectivity index (χ0n) is 12.7. The molecule has 7 nitrogen and oxygen atoms in total. The van der Waals surface area contributed by atoms with Gasteiger partial charge in [0, 0.05) is 11.4 Å². The van der Waals surface area contributed by atoms with Crippen LogP contribution in [0.2, 0.25) is 0 Å². The summed E-state index contributed by atoms with van der Waals surface area (Å²) in [6, 6.07) is 1.89. The summed E-state index contributed by atoms with van der Waals surface area (Å²) < 4.78 is 1.56. The fraction of sp³-hybridized carbons (Fsp3) is 0.571. The summed E-state index contributed by atoms with van der Waals surface area (Å²) in [5.74, 6) is 0.405. The van der Waals surface area contributed by atoms with Gasteiger partial charge in [-0.1, -0.05) is 13.8 Å². The highest BCUT2D eigenvalue weighted by Gasteiger charge is 2.46. The maximum Gasteiger partial charge on any atom is 0.293 e. The van der Waals surface area contributed by atoms with Gasteiger partial charge in [-0.25, -0.2) is 9.50 Å². The lowest BCUT2D eigenvalue weighted by molar-refractivity contribution is -0.111. The third kappa shape index (κ3) is 2.17. The molecule has 1 N–H and O–H groups in total. The minimum Gasteiger partial charge on any atom is -0.386 e. The molecular weight excluding hydrogens is 270 g/mol. The van der Waals surface area contributed by atoms with Crippen molar-refractivity contribution in [1.82, 2.24) is 24.5 Å². The Labute approximate surface area is 122 Å². The molecule has 1 saturated heterocycles. The lowest BCUT2D eigenvalue weighted by atomic mass is 9.83. The number of hydrogen-bond donors (Lipinski definition) is 1. The quantitative estimate of drug-likeness (QED) is 0.874. The summed E-state index contributed by atoms with van der Waals surface area (Å²) in [5, 5.41) is 14.4. The van der Waals surface area contributed by atoms with Crippen LogP contribution in [-0.4, -0.2) is 54.2 Å². The van der Waals surface area contributed by atoms with E-state index in [4.69, 9.17) is 0 Å². The molecule has 0 spiro atoms. The van der Waals surface area contributed by atoms with E-state index in [1.54, 1.807) is 9.42 Å². The predicted octanol–water partition coefficient (Wildman–Crippen LogP) is 0.584. The summed E-state index contributed by atoms with van der Waals surface area (Å²) in [4.78, 5) is 22.4. The Morgan fingerprint density at radius 3 is 2.62 bits per heavy atom. The topological polar surface area (TPSA) is 83.6 Å². The molecule has 2 aromatic rings. The maximum absolute atomic E-state index is 12.4. The standard InChI is InChI=1S/C14H19N5O2/c1-8(2)14(21)6-18(7-14)12(20)11-16-13-15-9(3)5-10(4)19(13)17-11/h5,8,21H,6-7H2,1-4H3. The van der Waals surface area contributed by atoms with Crippen molar-refractivity contribution < 1.29 is 9.90 Å². The number of amides is 1. The summed E-state index contributed by atoms with van der Waals surface area (Å²) in [6.07, 6.45) is 0. The summed E-state index contributed by atoms with van der Waals surface area (Å²) in [5.41, 5.74) is 0.926. The van der Waals surface area contributed by atoms with Gasteiger partial charge >= 0.3 is 0 Å². The Bertz CT molecular complexity index is 715. The number of likely N-dealkylation sites (tertiary alicyclic amines) is 1. The Morgan fingerprint density at radius 1 is 1.33 bits per heavy atom. The molecule has 7 heteroatoms. The third-order valence-electron chi connectivity index (χ3n) is 4.10. The van der Waals surface area contributed by atoms with Crippen LogP contribution >= 0.6 is 0 Å². The second kappa shape index (κ2) is 4.49. The molecule has 2 aromatic heterocycles. The van der Waals surface area contributed by atoms with Gasteiger partial charge in [0.05, 0.1) is 13.1 Å². The minimum absolute atomic E-state index is 0.113. The van der Waals surface area contributed by atoms with Crippen molar-refractivity contribution in [2.24, 2.45) is 5.92 Å². The SMILES string of the molecule is Cc1cc(C)n2nc(C(=O)N3CC(O)(C(C)C)C3)nc2n1. The average Bonchev–Trinajstić information content (AvgIpc) is 2.77. The van der Waals surface area contributed by atoms with Crippen LogP contribution in [0.25, 0.3) is 5.78 Å². The van der Waals surface area contributed by atoms with Crippen molar-refractivity contribution in [3.8, 4) is 0 Å². The maximum atomic E-state index is 12.4. The molecule has 0 saturated carbocycles. The Hall–Kier alpha value is -2.02. The fourth-order valence-electron chi connectivity index (χ4n) is 2.52. The number of aromatic nitrogens is 4. The van der Waals surface area contributed by atoms with E-state index in [0.29, 0.717) is 18.9 Å². The molecule has 3 heterocycles. The molecule has 0 aliphatic carbocycles. The van der Waals surface area contributed by atoms with Crippen LogP contribution in [0.4, 0.5) is 0 Å². The molecule has 0 bridgehead atoms. The Kier molecular flexibility index (Phi) is 2.98. The van der Waals surface area contributed by atoms with E-state index < -0.39 is 5.60 Å². The minimum atomic E-state index is -0.792. The lowest BCUT2D eigenvalue weighted by Crippen LogP contribution is -2.66. The van der Waals surface area contributed by atoms with Gasteiger partial charge in [-0.3, -0.25) is 4.79 Å². The molecule has 0 radical (unpaired) electrons. The molecule has 0 aromatic carbocycles. The number of carbonyl (C=O) groups is 1. The zero-order chi connectivity index (χ0) is 15.4. The van der Waals surface area contributed by atoms with E-state index in [-0.39, 0.29) is 17.6 Å². The van der Waals surface area contributed by atoms with Gasteiger partial charge in [0.25, 0.3) is 11.7 Å². The summed E-state index contributed by atoms with van der Waals surface area (Å²) in [6.45, 7) is 8.31. The van der Waals surface area contributed by atoms with Crippen LogP contribution in [0.3, 0.4) is 0 Å². The van der Waals surface area contributed by atoms with Crippen LogP contribution in [-0.2, 0) is 0 Å². The highest BCUT2D eigenvalue weighted by atomic mass is 16.3. The highest BCUT2D eigenvalue weighted by Crippen LogP contribution is 2.29. The number of nitrogens with zero attached hydrogens (tertiary/aromatic N) is 5. The molecule has 1 amide bonds. The van der Waals surface area contributed by atoms with E-state index in [0.717, 1.165) is 11.4 Å². The number of β-amino-alcohol motifs (C(OH)–C–C–N with tert-alkyl or cyclic N) is 1. The first-order valence-corrected chi connectivity index (χ1v) is 7.03. The van der Waals surface area contributed by atoms with Gasteiger partial charge in [0.2, 0.25) is 5.82 Å². The number of aliphatic hydroxyl groups is 1. The summed E-state index contributed by atoms with van der Waals surface area (Å²) in [7, 11) is 0. The van der Waals surface area contributed by atoms with Crippen molar-refractivity contribution in [3.05, 3.63) is 23.3 Å². The predicted molar refractivity (Wildman–Crippen MR) is 75.9 cm³/mol. The molecule has 0 atom stereocenters. The van der Waals surface area contributed by atoms with E-state index >= 15 is 0 Å². The lowest BCUT2D eigenvalue weighted by Gasteiger charge is -2.48. The van der Waals surface area contributed by atoms with Gasteiger partial charge in [-0.2, -0.15) is 4.98 Å². The number of hydrogen-bond acceptors (Lipinski definition) is 5. The van der Waals surface area contributed by atoms with Gasteiger partial charge in [-0.15, -0.1) is 5.10 Å². The van der Waals surface area contributed by atoms with Crippen molar-refractivity contribution in [2.75, 3.05) is 13.1 Å². The second-order valence-corrected chi connectivity index (χ2v) is 6.11. The van der Waals surface area contributed by atoms with E-state index in [1.807, 2.05) is 33.8 Å². The molecule has 21 heavy (non-hydrogen) atoms. The molecule has 3 rings (SSSR count). The van der Waals surface area contributed by atoms with Gasteiger partial charge < -0.3 is 10.0 Å². The monoisotopic (exact) mass is 289 g/mol. The molecular formula is C14H19N5O2. The average molecular weight is 289 g/mol. The number of carbonyl (C=O) groups excluding carboxylic acids is 1. The first-order chi connectivity index (χ1) is 9.80. The van der Waals surface area contributed by atoms with Crippen LogP contribution in [0.5, 0.6) is 0 Å². The molecule has 1 fully saturated rings. The Morgan fingerprint density at radius 2 is 2.00 bits per heavy atom. The largest absolute Gasteiger partial charge is 0.386 e. The van der Waals surface area contributed by atoms with Crippen molar-refractivity contribution in [3.63, 3.8) is 0 Å². The van der Waals surface area contributed by atoms with Crippen LogP contribution in [0, 0.1) is 19.8 Å². The highest BCUT2D eigenvalue weighted by molar-refractivity contribution is 5.91. The first-order valence-electron chi connectivity index (χ1n) is 7.03. The number of aryl methyl sites for hydroxylation is 2. The van der Waals surface area contributed by atoms with Crippen molar-refractivity contribution >= 4 is 11.7 Å². The van der Waals surface area contributed by atoms with Gasteiger partial charge in [-0.05, 0) is 25.8 Å². The molecule has 0 unspecified atom stereocenters. The summed E-state index contributed by atoms with van der Waals surface area (Å²) >= 11 is 0. The van der Waals surface area contributed by atoms with Crippen LogP contribution in [0.15, 0.2) is 6.07 Å². The normalized spacial score (nSPS) is 17.3. The first kappa shape index (κ1) is 13.9. The van der Waals surface area contributed by atoms with Crippen molar-refractivity contribution in [1.29, 1.82) is 0 Å². The number of fused-ring (bicyclic) bond motifs is 1. The van der Waals surface area contributed by atoms with Gasteiger partial charge in [0.1, 0.15) is 5.60 Å². The fourth-order valence-corrected chi connectivity index (χ4v) is 2.52. The molecule has 1 aliphatic heterocycles. The molecule has 1 aliphatic rings. The smallest absolute Gasteiger partial charge is 0.293 e. The van der Waals surface area contributed by atoms with E-state index in [2.05, 4.69) is 15.1 Å². The van der Waals surface area contributed by atoms with Crippen molar-refractivity contribution in [2.45, 2.75) is 33.3 Å². The van der Waals surface area contributed by atoms with Gasteiger partial charge in [0.15, 0.2) is 0 Å². The Balaban J connectivity index is 1.85. The molecule has 112 valence electrons. The van der Waals surface area contributed by atoms with E-state index in [1.165, 1.54) is 0 Å². The third-order valence-corrected chi connectivity index (χ3v) is 4.10. The van der Waals surface area contributed by atoms with E-state index in [9.17, 15) is 9.90 Å². The number of rotatable bonds is 2. The zero-order valence-corrected chi connectivity index (χ0v) is 12.7. The van der Waals surface area contributed by atoms with Crippen LogP contribution in [0.1, 0.15) is 35.9 Å². The second-order valence-electron chi connectivity index (χ2n) is 6.11. The van der Waals surface area contributed by atoms with Crippen LogP contribution < -0.4 is 0 Å².